The number of rotatable bonds is 8. The molecule has 20 heavy (non-hydrogen) atoms. The monoisotopic (exact) mass is 298 g/mol. The Kier molecular flexibility index (Phi) is 7.02. The standard InChI is InChI=1S/C15H26N2O2S/c1-4-7-15(3,11-18)17-14(19)16-10-12(2)9-13-6-5-8-20-13/h5-6,8,12,18H,4,7,9-11H2,1-3H3,(H2,16,17,19). The highest BCUT2D eigenvalue weighted by Gasteiger charge is 2.24. The Bertz CT molecular complexity index is 395. The van der Waals surface area contributed by atoms with Crippen LogP contribution in [0.2, 0.25) is 0 Å². The summed E-state index contributed by atoms with van der Waals surface area (Å²) in [5, 5.41) is 17.2. The molecule has 0 saturated carbocycles. The number of carbonyl (C=O) groups excluding carboxylic acids is 1. The van der Waals surface area contributed by atoms with Crippen molar-refractivity contribution in [2.75, 3.05) is 13.2 Å². The van der Waals surface area contributed by atoms with Crippen LogP contribution < -0.4 is 10.6 Å². The van der Waals surface area contributed by atoms with Gasteiger partial charge >= 0.3 is 6.03 Å². The average Bonchev–Trinajstić information content (AvgIpc) is 2.89. The Morgan fingerprint density at radius 1 is 1.55 bits per heavy atom. The number of hydrogen-bond acceptors (Lipinski definition) is 3. The van der Waals surface area contributed by atoms with Crippen LogP contribution in [0.5, 0.6) is 0 Å². The fourth-order valence-electron chi connectivity index (χ4n) is 2.16. The third-order valence-corrected chi connectivity index (χ3v) is 4.21. The van der Waals surface area contributed by atoms with Crippen LogP contribution in [0.15, 0.2) is 17.5 Å². The largest absolute Gasteiger partial charge is 0.394 e. The first-order valence-electron chi connectivity index (χ1n) is 7.18. The molecule has 0 saturated heterocycles. The minimum atomic E-state index is -0.532. The van der Waals surface area contributed by atoms with Crippen molar-refractivity contribution in [2.45, 2.75) is 45.6 Å². The summed E-state index contributed by atoms with van der Waals surface area (Å²) >= 11 is 1.74. The number of nitrogens with one attached hydrogen (secondary N) is 2. The van der Waals surface area contributed by atoms with E-state index in [-0.39, 0.29) is 12.6 Å². The molecule has 1 heterocycles. The van der Waals surface area contributed by atoms with Crippen molar-refractivity contribution in [3.8, 4) is 0 Å². The number of hydrogen-bond donors (Lipinski definition) is 3. The molecule has 2 atom stereocenters. The van der Waals surface area contributed by atoms with Crippen molar-refractivity contribution in [1.82, 2.24) is 10.6 Å². The fourth-order valence-corrected chi connectivity index (χ4v) is 3.03. The van der Waals surface area contributed by atoms with Gasteiger partial charge in [0.1, 0.15) is 0 Å². The molecular formula is C15H26N2O2S. The molecular weight excluding hydrogens is 272 g/mol. The van der Waals surface area contributed by atoms with E-state index in [4.69, 9.17) is 0 Å². The van der Waals surface area contributed by atoms with E-state index in [9.17, 15) is 9.90 Å². The number of urea groups is 1. The molecule has 0 aromatic carbocycles. The van der Waals surface area contributed by atoms with Gasteiger partial charge in [0.2, 0.25) is 0 Å². The van der Waals surface area contributed by atoms with Gasteiger partial charge in [-0.25, -0.2) is 4.79 Å². The summed E-state index contributed by atoms with van der Waals surface area (Å²) in [6, 6.07) is 3.96. The molecule has 4 nitrogen and oxygen atoms in total. The summed E-state index contributed by atoms with van der Waals surface area (Å²) in [4.78, 5) is 13.2. The van der Waals surface area contributed by atoms with Gasteiger partial charge in [-0.15, -0.1) is 11.3 Å². The highest BCUT2D eigenvalue weighted by Crippen LogP contribution is 2.14. The van der Waals surface area contributed by atoms with Crippen LogP contribution in [0.3, 0.4) is 0 Å². The van der Waals surface area contributed by atoms with Gasteiger partial charge in [-0.1, -0.05) is 26.3 Å². The topological polar surface area (TPSA) is 61.4 Å². The predicted molar refractivity (Wildman–Crippen MR) is 84.1 cm³/mol. The Hall–Kier alpha value is -1.07. The average molecular weight is 298 g/mol. The molecule has 0 fully saturated rings. The second kappa shape index (κ2) is 8.27. The third-order valence-electron chi connectivity index (χ3n) is 3.31. The third kappa shape index (κ3) is 5.92. The van der Waals surface area contributed by atoms with E-state index in [1.54, 1.807) is 11.3 Å². The summed E-state index contributed by atoms with van der Waals surface area (Å²) in [6.07, 6.45) is 2.66. The number of amides is 2. The Morgan fingerprint density at radius 3 is 2.85 bits per heavy atom. The molecule has 0 aliphatic rings. The molecule has 1 aromatic heterocycles. The fraction of sp³-hybridized carbons (Fsp3) is 0.667. The Labute approximate surface area is 125 Å². The predicted octanol–water partition coefficient (Wildman–Crippen LogP) is 2.78. The first-order chi connectivity index (χ1) is 9.49. The molecule has 1 aromatic rings. The van der Waals surface area contributed by atoms with Gasteiger partial charge in [-0.2, -0.15) is 0 Å². The smallest absolute Gasteiger partial charge is 0.315 e. The van der Waals surface area contributed by atoms with Crippen molar-refractivity contribution in [3.63, 3.8) is 0 Å². The van der Waals surface area contributed by atoms with E-state index in [1.165, 1.54) is 4.88 Å². The minimum Gasteiger partial charge on any atom is -0.394 e. The number of carbonyl (C=O) groups is 1. The van der Waals surface area contributed by atoms with Gasteiger partial charge in [0.15, 0.2) is 0 Å². The Balaban J connectivity index is 2.31. The van der Waals surface area contributed by atoms with Crippen LogP contribution in [-0.4, -0.2) is 29.8 Å². The number of thiophene rings is 1. The molecule has 0 spiro atoms. The molecule has 0 aliphatic heterocycles. The van der Waals surface area contributed by atoms with Crippen molar-refractivity contribution >= 4 is 17.4 Å². The summed E-state index contributed by atoms with van der Waals surface area (Å²) < 4.78 is 0. The van der Waals surface area contributed by atoms with Gasteiger partial charge in [-0.05, 0) is 37.1 Å². The van der Waals surface area contributed by atoms with Crippen molar-refractivity contribution < 1.29 is 9.90 Å². The quantitative estimate of drug-likeness (QED) is 0.691. The lowest BCUT2D eigenvalue weighted by molar-refractivity contribution is 0.163. The molecule has 114 valence electrons. The number of aliphatic hydroxyl groups is 1. The first-order valence-corrected chi connectivity index (χ1v) is 8.06. The van der Waals surface area contributed by atoms with Crippen LogP contribution in [0.25, 0.3) is 0 Å². The van der Waals surface area contributed by atoms with Gasteiger partial charge in [-0.3, -0.25) is 0 Å². The summed E-state index contributed by atoms with van der Waals surface area (Å²) in [5.41, 5.74) is -0.532. The maximum absolute atomic E-state index is 11.9. The van der Waals surface area contributed by atoms with Crippen molar-refractivity contribution in [2.24, 2.45) is 5.92 Å². The zero-order valence-corrected chi connectivity index (χ0v) is 13.4. The van der Waals surface area contributed by atoms with Gasteiger partial charge in [0.25, 0.3) is 0 Å². The lowest BCUT2D eigenvalue weighted by Crippen LogP contribution is -2.53. The SMILES string of the molecule is CCCC(C)(CO)NC(=O)NCC(C)Cc1cccs1. The van der Waals surface area contributed by atoms with E-state index in [0.717, 1.165) is 19.3 Å². The van der Waals surface area contributed by atoms with Crippen LogP contribution in [0.1, 0.15) is 38.5 Å². The van der Waals surface area contributed by atoms with E-state index in [0.29, 0.717) is 12.5 Å². The van der Waals surface area contributed by atoms with E-state index in [2.05, 4.69) is 29.0 Å². The molecule has 0 aliphatic carbocycles. The van der Waals surface area contributed by atoms with Crippen LogP contribution >= 0.6 is 11.3 Å². The van der Waals surface area contributed by atoms with E-state index in [1.807, 2.05) is 19.9 Å². The molecule has 1 rings (SSSR count). The first kappa shape index (κ1) is 17.0. The maximum Gasteiger partial charge on any atom is 0.315 e. The van der Waals surface area contributed by atoms with Crippen molar-refractivity contribution in [3.05, 3.63) is 22.4 Å². The lowest BCUT2D eigenvalue weighted by Gasteiger charge is -2.28. The summed E-state index contributed by atoms with van der Waals surface area (Å²) in [7, 11) is 0. The minimum absolute atomic E-state index is 0.0426. The molecule has 3 N–H and O–H groups in total. The van der Waals surface area contributed by atoms with Gasteiger partial charge in [0.05, 0.1) is 12.1 Å². The highest BCUT2D eigenvalue weighted by atomic mass is 32.1. The van der Waals surface area contributed by atoms with E-state index < -0.39 is 5.54 Å². The second-order valence-corrected chi connectivity index (χ2v) is 6.72. The molecule has 0 radical (unpaired) electrons. The number of aliphatic hydroxyl groups excluding tert-OH is 1. The molecule has 2 unspecified atom stereocenters. The van der Waals surface area contributed by atoms with Crippen LogP contribution in [0.4, 0.5) is 4.79 Å². The zero-order valence-electron chi connectivity index (χ0n) is 12.6. The van der Waals surface area contributed by atoms with Crippen LogP contribution in [0, 0.1) is 5.92 Å². The molecule has 0 bridgehead atoms. The van der Waals surface area contributed by atoms with Gasteiger partial charge < -0.3 is 15.7 Å². The van der Waals surface area contributed by atoms with E-state index >= 15 is 0 Å². The highest BCUT2D eigenvalue weighted by molar-refractivity contribution is 7.09. The summed E-state index contributed by atoms with van der Waals surface area (Å²) in [6.45, 7) is 6.62. The van der Waals surface area contributed by atoms with Crippen LogP contribution in [-0.2, 0) is 6.42 Å². The molecule has 5 heteroatoms. The maximum atomic E-state index is 11.9. The summed E-state index contributed by atoms with van der Waals surface area (Å²) in [5.74, 6) is 0.394. The second-order valence-electron chi connectivity index (χ2n) is 5.69. The Morgan fingerprint density at radius 2 is 2.30 bits per heavy atom. The zero-order chi connectivity index (χ0) is 15.0. The normalized spacial score (nSPS) is 15.4. The van der Waals surface area contributed by atoms with Crippen molar-refractivity contribution in [1.29, 1.82) is 0 Å². The molecule has 2 amide bonds. The van der Waals surface area contributed by atoms with Gasteiger partial charge in [0, 0.05) is 11.4 Å². The lowest BCUT2D eigenvalue weighted by atomic mass is 9.97.